The van der Waals surface area contributed by atoms with Gasteiger partial charge in [-0.2, -0.15) is 0 Å². The molecule has 1 N–H and O–H groups in total. The number of halogens is 1. The molecule has 0 fully saturated rings. The van der Waals surface area contributed by atoms with Gasteiger partial charge in [0.2, 0.25) is 5.91 Å². The molecule has 0 saturated heterocycles. The Bertz CT molecular complexity index is 960. The van der Waals surface area contributed by atoms with Crippen molar-refractivity contribution < 1.29 is 9.53 Å². The summed E-state index contributed by atoms with van der Waals surface area (Å²) in [6.45, 7) is 1.81. The quantitative estimate of drug-likeness (QED) is 0.624. The largest absolute Gasteiger partial charge is 0.496 e. The highest BCUT2D eigenvalue weighted by molar-refractivity contribution is 8.00. The molecule has 1 aromatic heterocycles. The SMILES string of the molecule is COc1ccccc1-c1nnc(S[C@H](C)C(=O)Nc2ccccc2Cl)n1C. The van der Waals surface area contributed by atoms with Crippen LogP contribution in [0.15, 0.2) is 53.7 Å². The number of benzene rings is 2. The van der Waals surface area contributed by atoms with Crippen molar-refractivity contribution in [3.05, 3.63) is 53.6 Å². The van der Waals surface area contributed by atoms with Gasteiger partial charge >= 0.3 is 0 Å². The van der Waals surface area contributed by atoms with E-state index in [4.69, 9.17) is 16.3 Å². The summed E-state index contributed by atoms with van der Waals surface area (Å²) >= 11 is 7.42. The van der Waals surface area contributed by atoms with Gasteiger partial charge in [0.25, 0.3) is 0 Å². The van der Waals surface area contributed by atoms with Gasteiger partial charge in [0.1, 0.15) is 5.75 Å². The molecule has 1 heterocycles. The fourth-order valence-corrected chi connectivity index (χ4v) is 3.49. The van der Waals surface area contributed by atoms with Crippen molar-refractivity contribution in [3.63, 3.8) is 0 Å². The van der Waals surface area contributed by atoms with Crippen LogP contribution in [0.1, 0.15) is 6.92 Å². The maximum atomic E-state index is 12.5. The third kappa shape index (κ3) is 4.26. The van der Waals surface area contributed by atoms with Crippen LogP contribution in [0, 0.1) is 0 Å². The number of nitrogens with one attached hydrogen (secondary N) is 1. The molecular weight excluding hydrogens is 384 g/mol. The van der Waals surface area contributed by atoms with Crippen LogP contribution in [0.2, 0.25) is 5.02 Å². The van der Waals surface area contributed by atoms with Crippen molar-refractivity contribution in [2.24, 2.45) is 7.05 Å². The molecule has 6 nitrogen and oxygen atoms in total. The number of para-hydroxylation sites is 2. The lowest BCUT2D eigenvalue weighted by Gasteiger charge is -2.13. The summed E-state index contributed by atoms with van der Waals surface area (Å²) in [5.74, 6) is 1.23. The molecule has 8 heteroatoms. The molecule has 140 valence electrons. The first-order chi connectivity index (χ1) is 13.0. The monoisotopic (exact) mass is 402 g/mol. The normalized spacial score (nSPS) is 11.9. The molecule has 2 aromatic carbocycles. The van der Waals surface area contributed by atoms with Crippen molar-refractivity contribution in [1.29, 1.82) is 0 Å². The topological polar surface area (TPSA) is 69.0 Å². The average molecular weight is 403 g/mol. The van der Waals surface area contributed by atoms with Crippen molar-refractivity contribution in [3.8, 4) is 17.1 Å². The number of methoxy groups -OCH3 is 1. The standard InChI is InChI=1S/C19H19ClN4O2S/c1-12(18(25)21-15-10-6-5-9-14(15)20)27-19-23-22-17(24(19)2)13-8-4-7-11-16(13)26-3/h4-12H,1-3H3,(H,21,25)/t12-/m1/s1. The summed E-state index contributed by atoms with van der Waals surface area (Å²) in [5.41, 5.74) is 1.43. The molecule has 0 aliphatic heterocycles. The first kappa shape index (κ1) is 19.3. The third-order valence-electron chi connectivity index (χ3n) is 3.97. The van der Waals surface area contributed by atoms with E-state index in [0.29, 0.717) is 27.4 Å². The highest BCUT2D eigenvalue weighted by Crippen LogP contribution is 2.31. The van der Waals surface area contributed by atoms with E-state index in [1.807, 2.05) is 54.9 Å². The molecule has 0 unspecified atom stereocenters. The first-order valence-corrected chi connectivity index (χ1v) is 9.52. The number of thioether (sulfide) groups is 1. The molecular formula is C19H19ClN4O2S. The molecule has 1 atom stereocenters. The summed E-state index contributed by atoms with van der Waals surface area (Å²) in [5, 5.41) is 12.1. The number of rotatable bonds is 6. The zero-order valence-corrected chi connectivity index (χ0v) is 16.7. The van der Waals surface area contributed by atoms with E-state index in [1.165, 1.54) is 11.8 Å². The minimum absolute atomic E-state index is 0.157. The van der Waals surface area contributed by atoms with Gasteiger partial charge in [-0.15, -0.1) is 10.2 Å². The molecule has 0 spiro atoms. The lowest BCUT2D eigenvalue weighted by molar-refractivity contribution is -0.115. The molecule has 27 heavy (non-hydrogen) atoms. The zero-order chi connectivity index (χ0) is 19.4. The van der Waals surface area contributed by atoms with E-state index < -0.39 is 0 Å². The van der Waals surface area contributed by atoms with Crippen LogP contribution < -0.4 is 10.1 Å². The molecule has 0 bridgehead atoms. The minimum atomic E-state index is -0.380. The average Bonchev–Trinajstić information content (AvgIpc) is 3.03. The van der Waals surface area contributed by atoms with Crippen LogP contribution >= 0.6 is 23.4 Å². The lowest BCUT2D eigenvalue weighted by atomic mass is 10.2. The summed E-state index contributed by atoms with van der Waals surface area (Å²) in [7, 11) is 3.48. The number of anilines is 1. The maximum Gasteiger partial charge on any atom is 0.237 e. The molecule has 3 aromatic rings. The Hall–Kier alpha value is -2.51. The van der Waals surface area contributed by atoms with E-state index >= 15 is 0 Å². The van der Waals surface area contributed by atoms with Crippen molar-refractivity contribution in [1.82, 2.24) is 14.8 Å². The van der Waals surface area contributed by atoms with Crippen molar-refractivity contribution >= 4 is 35.0 Å². The number of amides is 1. The smallest absolute Gasteiger partial charge is 0.237 e. The third-order valence-corrected chi connectivity index (χ3v) is 5.43. The van der Waals surface area contributed by atoms with Gasteiger partial charge in [0.05, 0.1) is 28.6 Å². The molecule has 3 rings (SSSR count). The maximum absolute atomic E-state index is 12.5. The van der Waals surface area contributed by atoms with E-state index in [9.17, 15) is 4.79 Å². The highest BCUT2D eigenvalue weighted by atomic mass is 35.5. The van der Waals surface area contributed by atoms with Crippen LogP contribution in [-0.4, -0.2) is 33.0 Å². The van der Waals surface area contributed by atoms with Crippen LogP contribution in [0.5, 0.6) is 5.75 Å². The Morgan fingerprint density at radius 3 is 2.63 bits per heavy atom. The van der Waals surface area contributed by atoms with Gasteiger partial charge in [-0.25, -0.2) is 0 Å². The van der Waals surface area contributed by atoms with Crippen LogP contribution in [0.4, 0.5) is 5.69 Å². The summed E-state index contributed by atoms with van der Waals surface area (Å²) in [6.07, 6.45) is 0. The zero-order valence-electron chi connectivity index (χ0n) is 15.1. The van der Waals surface area contributed by atoms with E-state index in [-0.39, 0.29) is 11.2 Å². The molecule has 0 aliphatic carbocycles. The molecule has 1 amide bonds. The van der Waals surface area contributed by atoms with Crippen LogP contribution in [0.3, 0.4) is 0 Å². The summed E-state index contributed by atoms with van der Waals surface area (Å²) < 4.78 is 7.25. The van der Waals surface area contributed by atoms with E-state index in [0.717, 1.165) is 5.56 Å². The van der Waals surface area contributed by atoms with Crippen LogP contribution in [-0.2, 0) is 11.8 Å². The lowest BCUT2D eigenvalue weighted by Crippen LogP contribution is -2.23. The predicted octanol–water partition coefficient (Wildman–Crippen LogP) is 4.26. The number of hydrogen-bond donors (Lipinski definition) is 1. The number of ether oxygens (including phenoxy) is 1. The van der Waals surface area contributed by atoms with Crippen molar-refractivity contribution in [2.45, 2.75) is 17.3 Å². The Morgan fingerprint density at radius 1 is 1.19 bits per heavy atom. The Morgan fingerprint density at radius 2 is 1.89 bits per heavy atom. The molecule has 0 aliphatic rings. The van der Waals surface area contributed by atoms with Gasteiger partial charge in [0.15, 0.2) is 11.0 Å². The molecule has 0 radical (unpaired) electrons. The second-order valence-electron chi connectivity index (χ2n) is 5.79. The Labute approximate surface area is 166 Å². The van der Waals surface area contributed by atoms with E-state index in [1.54, 1.807) is 19.2 Å². The highest BCUT2D eigenvalue weighted by Gasteiger charge is 2.21. The number of aromatic nitrogens is 3. The number of carbonyl (C=O) groups excluding carboxylic acids is 1. The van der Waals surface area contributed by atoms with E-state index in [2.05, 4.69) is 15.5 Å². The van der Waals surface area contributed by atoms with Gasteiger partial charge in [-0.05, 0) is 31.2 Å². The summed E-state index contributed by atoms with van der Waals surface area (Å²) in [4.78, 5) is 12.5. The molecule has 0 saturated carbocycles. The van der Waals surface area contributed by atoms with Gasteiger partial charge in [-0.3, -0.25) is 4.79 Å². The Balaban J connectivity index is 1.75. The fourth-order valence-electron chi connectivity index (χ4n) is 2.49. The first-order valence-electron chi connectivity index (χ1n) is 8.26. The second kappa shape index (κ2) is 8.45. The fraction of sp³-hybridized carbons (Fsp3) is 0.211. The summed E-state index contributed by atoms with van der Waals surface area (Å²) in [6, 6.07) is 14.7. The van der Waals surface area contributed by atoms with Gasteiger partial charge in [0, 0.05) is 7.05 Å². The predicted molar refractivity (Wildman–Crippen MR) is 108 cm³/mol. The van der Waals surface area contributed by atoms with Gasteiger partial charge < -0.3 is 14.6 Å². The van der Waals surface area contributed by atoms with Crippen LogP contribution in [0.25, 0.3) is 11.4 Å². The number of nitrogens with zero attached hydrogens (tertiary/aromatic N) is 3. The number of hydrogen-bond acceptors (Lipinski definition) is 5. The Kier molecular flexibility index (Phi) is 6.03. The van der Waals surface area contributed by atoms with Gasteiger partial charge in [-0.1, -0.05) is 47.6 Å². The second-order valence-corrected chi connectivity index (χ2v) is 7.51. The van der Waals surface area contributed by atoms with Crippen molar-refractivity contribution in [2.75, 3.05) is 12.4 Å². The minimum Gasteiger partial charge on any atom is -0.496 e. The number of carbonyl (C=O) groups is 1.